The van der Waals surface area contributed by atoms with Crippen molar-refractivity contribution in [2.24, 2.45) is 0 Å². The average molecular weight is 295 g/mol. The molecule has 0 bridgehead atoms. The lowest BCUT2D eigenvalue weighted by atomic mass is 10.1. The highest BCUT2D eigenvalue weighted by Crippen LogP contribution is 2.13. The Morgan fingerprint density at radius 1 is 1.20 bits per heavy atom. The topological polar surface area (TPSA) is 83.5 Å². The van der Waals surface area contributed by atoms with Gasteiger partial charge in [-0.2, -0.15) is 0 Å². The zero-order valence-corrected chi connectivity index (χ0v) is 12.0. The van der Waals surface area contributed by atoms with E-state index in [0.29, 0.717) is 0 Å². The standard InChI is InChI=1S/C14H17NO4S/c1-10(7-14(18)19)20-9-13(17)15-12(16)8-11-5-3-2-4-6-11/h2-6,10H,7-9H2,1H3,(H,18,19)(H,15,16,17). The van der Waals surface area contributed by atoms with Gasteiger partial charge < -0.3 is 5.11 Å². The summed E-state index contributed by atoms with van der Waals surface area (Å²) in [6.45, 7) is 1.73. The number of hydrogen-bond acceptors (Lipinski definition) is 4. The third-order valence-corrected chi connectivity index (χ3v) is 3.61. The van der Waals surface area contributed by atoms with Gasteiger partial charge in [-0.3, -0.25) is 19.7 Å². The maximum absolute atomic E-state index is 11.6. The van der Waals surface area contributed by atoms with Crippen LogP contribution in [0.3, 0.4) is 0 Å². The number of nitrogens with one attached hydrogen (secondary N) is 1. The van der Waals surface area contributed by atoms with E-state index in [1.54, 1.807) is 6.92 Å². The second-order valence-corrected chi connectivity index (χ2v) is 5.78. The molecule has 0 aliphatic rings. The molecule has 0 saturated heterocycles. The van der Waals surface area contributed by atoms with Crippen LogP contribution in [0.4, 0.5) is 0 Å². The highest BCUT2D eigenvalue weighted by Gasteiger charge is 2.12. The van der Waals surface area contributed by atoms with Crippen LogP contribution in [0.1, 0.15) is 18.9 Å². The molecule has 0 heterocycles. The summed E-state index contributed by atoms with van der Waals surface area (Å²) in [6.07, 6.45) is 0.151. The fraction of sp³-hybridized carbons (Fsp3) is 0.357. The fourth-order valence-corrected chi connectivity index (χ4v) is 2.31. The van der Waals surface area contributed by atoms with E-state index in [1.165, 1.54) is 11.8 Å². The van der Waals surface area contributed by atoms with Crippen LogP contribution >= 0.6 is 11.8 Å². The summed E-state index contributed by atoms with van der Waals surface area (Å²) in [5, 5.41) is 10.7. The molecular formula is C14H17NO4S. The minimum absolute atomic E-state index is 0.00406. The number of carbonyl (C=O) groups excluding carboxylic acids is 2. The van der Waals surface area contributed by atoms with Crippen molar-refractivity contribution in [2.45, 2.75) is 25.0 Å². The van der Waals surface area contributed by atoms with Crippen molar-refractivity contribution in [3.8, 4) is 0 Å². The van der Waals surface area contributed by atoms with Gasteiger partial charge in [0.2, 0.25) is 11.8 Å². The first kappa shape index (κ1) is 16.2. The second kappa shape index (κ2) is 8.37. The molecule has 0 aromatic heterocycles. The number of carboxylic acid groups (broad SMARTS) is 1. The summed E-state index contributed by atoms with van der Waals surface area (Å²) in [5.41, 5.74) is 0.838. The van der Waals surface area contributed by atoms with Crippen molar-refractivity contribution in [1.82, 2.24) is 5.32 Å². The van der Waals surface area contributed by atoms with Crippen molar-refractivity contribution in [1.29, 1.82) is 0 Å². The number of carboxylic acids is 1. The SMILES string of the molecule is CC(CC(=O)O)SCC(=O)NC(=O)Cc1ccccc1. The molecule has 0 aliphatic heterocycles. The fourth-order valence-electron chi connectivity index (χ4n) is 1.54. The largest absolute Gasteiger partial charge is 0.481 e. The van der Waals surface area contributed by atoms with Crippen LogP contribution in [0.5, 0.6) is 0 Å². The molecule has 0 spiro atoms. The quantitative estimate of drug-likeness (QED) is 0.796. The van der Waals surface area contributed by atoms with Crippen LogP contribution in [-0.2, 0) is 20.8 Å². The summed E-state index contributed by atoms with van der Waals surface area (Å²) in [7, 11) is 0. The van der Waals surface area contributed by atoms with Crippen molar-refractivity contribution in [3.63, 3.8) is 0 Å². The number of thioether (sulfide) groups is 1. The lowest BCUT2D eigenvalue weighted by Gasteiger charge is -2.08. The van der Waals surface area contributed by atoms with Gasteiger partial charge in [0, 0.05) is 5.25 Å². The number of aliphatic carboxylic acids is 1. The summed E-state index contributed by atoms with van der Waals surface area (Å²) >= 11 is 1.22. The predicted molar refractivity (Wildman–Crippen MR) is 77.5 cm³/mol. The Morgan fingerprint density at radius 3 is 2.45 bits per heavy atom. The van der Waals surface area contributed by atoms with E-state index in [-0.39, 0.29) is 29.8 Å². The summed E-state index contributed by atoms with van der Waals surface area (Å²) < 4.78 is 0. The normalized spacial score (nSPS) is 11.7. The minimum atomic E-state index is -0.898. The Balaban J connectivity index is 2.28. The second-order valence-electron chi connectivity index (χ2n) is 4.35. The number of hydrogen-bond donors (Lipinski definition) is 2. The van der Waals surface area contributed by atoms with Gasteiger partial charge in [0.1, 0.15) is 0 Å². The van der Waals surface area contributed by atoms with Crippen LogP contribution in [0, 0.1) is 0 Å². The first-order chi connectivity index (χ1) is 9.47. The molecule has 108 valence electrons. The van der Waals surface area contributed by atoms with Gasteiger partial charge in [-0.25, -0.2) is 0 Å². The van der Waals surface area contributed by atoms with Crippen molar-refractivity contribution >= 4 is 29.5 Å². The van der Waals surface area contributed by atoms with E-state index in [0.717, 1.165) is 5.56 Å². The lowest BCUT2D eigenvalue weighted by Crippen LogP contribution is -2.33. The molecule has 2 amide bonds. The van der Waals surface area contributed by atoms with Crippen LogP contribution in [0.15, 0.2) is 30.3 Å². The molecule has 0 fully saturated rings. The molecule has 1 rings (SSSR count). The monoisotopic (exact) mass is 295 g/mol. The summed E-state index contributed by atoms with van der Waals surface area (Å²) in [6, 6.07) is 9.14. The van der Waals surface area contributed by atoms with E-state index < -0.39 is 11.9 Å². The maximum atomic E-state index is 11.6. The van der Waals surface area contributed by atoms with Gasteiger partial charge in [0.05, 0.1) is 18.6 Å². The molecule has 1 unspecified atom stereocenters. The molecule has 6 heteroatoms. The van der Waals surface area contributed by atoms with E-state index in [9.17, 15) is 14.4 Å². The smallest absolute Gasteiger partial charge is 0.304 e. The van der Waals surface area contributed by atoms with Crippen molar-refractivity contribution in [2.75, 3.05) is 5.75 Å². The summed E-state index contributed by atoms with van der Waals surface area (Å²) in [4.78, 5) is 33.6. The van der Waals surface area contributed by atoms with Gasteiger partial charge in [0.15, 0.2) is 0 Å². The number of rotatable bonds is 7. The first-order valence-corrected chi connectivity index (χ1v) is 7.22. The lowest BCUT2D eigenvalue weighted by molar-refractivity contribution is -0.137. The maximum Gasteiger partial charge on any atom is 0.304 e. The van der Waals surface area contributed by atoms with Gasteiger partial charge >= 0.3 is 5.97 Å². The van der Waals surface area contributed by atoms with Gasteiger partial charge in [-0.1, -0.05) is 37.3 Å². The zero-order chi connectivity index (χ0) is 15.0. The number of amides is 2. The predicted octanol–water partition coefficient (Wildman–Crippen LogP) is 1.47. The summed E-state index contributed by atoms with van der Waals surface area (Å²) in [5.74, 6) is -1.57. The minimum Gasteiger partial charge on any atom is -0.481 e. The number of benzene rings is 1. The molecule has 0 saturated carbocycles. The van der Waals surface area contributed by atoms with Crippen LogP contribution < -0.4 is 5.32 Å². The van der Waals surface area contributed by atoms with Crippen LogP contribution in [-0.4, -0.2) is 33.9 Å². The highest BCUT2D eigenvalue weighted by molar-refractivity contribution is 8.00. The van der Waals surface area contributed by atoms with Crippen molar-refractivity contribution < 1.29 is 19.5 Å². The molecule has 1 aromatic rings. The van der Waals surface area contributed by atoms with Crippen molar-refractivity contribution in [3.05, 3.63) is 35.9 Å². The molecule has 2 N–H and O–H groups in total. The number of carbonyl (C=O) groups is 3. The third kappa shape index (κ3) is 6.94. The van der Waals surface area contributed by atoms with Gasteiger partial charge in [-0.05, 0) is 5.56 Å². The Kier molecular flexibility index (Phi) is 6.79. The highest BCUT2D eigenvalue weighted by atomic mass is 32.2. The molecule has 1 aromatic carbocycles. The van der Waals surface area contributed by atoms with Crippen LogP contribution in [0.2, 0.25) is 0 Å². The van der Waals surface area contributed by atoms with Gasteiger partial charge in [0.25, 0.3) is 0 Å². The number of imide groups is 1. The Morgan fingerprint density at radius 2 is 1.85 bits per heavy atom. The molecule has 0 aliphatic carbocycles. The Bertz CT molecular complexity index is 475. The molecular weight excluding hydrogens is 278 g/mol. The Labute approximate surface area is 121 Å². The van der Waals surface area contributed by atoms with Crippen LogP contribution in [0.25, 0.3) is 0 Å². The van der Waals surface area contributed by atoms with E-state index in [1.807, 2.05) is 30.3 Å². The van der Waals surface area contributed by atoms with E-state index in [4.69, 9.17) is 5.11 Å². The molecule has 20 heavy (non-hydrogen) atoms. The molecule has 5 nitrogen and oxygen atoms in total. The molecule has 0 radical (unpaired) electrons. The third-order valence-electron chi connectivity index (χ3n) is 2.45. The van der Waals surface area contributed by atoms with E-state index in [2.05, 4.69) is 5.32 Å². The Hall–Kier alpha value is -1.82. The molecule has 1 atom stereocenters. The van der Waals surface area contributed by atoms with Gasteiger partial charge in [-0.15, -0.1) is 11.8 Å². The zero-order valence-electron chi connectivity index (χ0n) is 11.2. The first-order valence-electron chi connectivity index (χ1n) is 6.17. The van der Waals surface area contributed by atoms with E-state index >= 15 is 0 Å². The average Bonchev–Trinajstić information content (AvgIpc) is 2.36.